The second-order valence-electron chi connectivity index (χ2n) is 4.03. The van der Waals surface area contributed by atoms with Crippen LogP contribution in [-0.4, -0.2) is 18.7 Å². The van der Waals surface area contributed by atoms with Gasteiger partial charge in [0.1, 0.15) is 0 Å². The van der Waals surface area contributed by atoms with Gasteiger partial charge in [-0.3, -0.25) is 0 Å². The van der Waals surface area contributed by atoms with E-state index in [0.717, 1.165) is 5.56 Å². The molecule has 0 unspecified atom stereocenters. The first-order valence-corrected chi connectivity index (χ1v) is 6.41. The maximum atomic E-state index is 5.78. The molecule has 5 nitrogen and oxygen atoms in total. The molecule has 1 heterocycles. The topological polar surface area (TPSA) is 66.6 Å². The van der Waals surface area contributed by atoms with Crippen LogP contribution in [0.4, 0.5) is 0 Å². The molecular formula is C15H18N2O3. The summed E-state index contributed by atoms with van der Waals surface area (Å²) in [5.74, 6) is 2.19. The lowest BCUT2D eigenvalue weighted by molar-refractivity contribution is 0.313. The fourth-order valence-electron chi connectivity index (χ4n) is 1.74. The minimum absolute atomic E-state index is 0.399. The summed E-state index contributed by atoms with van der Waals surface area (Å²) in [4.78, 5) is 4.16. The van der Waals surface area contributed by atoms with E-state index in [0.29, 0.717) is 36.3 Å². The van der Waals surface area contributed by atoms with E-state index < -0.39 is 0 Å². The second kappa shape index (κ2) is 6.77. The van der Waals surface area contributed by atoms with Gasteiger partial charge in [-0.15, -0.1) is 0 Å². The summed E-state index contributed by atoms with van der Waals surface area (Å²) in [5.41, 5.74) is 6.61. The highest BCUT2D eigenvalue weighted by molar-refractivity contribution is 5.46. The molecule has 1 aromatic heterocycles. The number of rotatable bonds is 6. The van der Waals surface area contributed by atoms with Crippen LogP contribution in [0.25, 0.3) is 0 Å². The molecule has 0 aliphatic rings. The van der Waals surface area contributed by atoms with Gasteiger partial charge in [0, 0.05) is 12.7 Å². The van der Waals surface area contributed by atoms with E-state index in [9.17, 15) is 0 Å². The fraction of sp³-hybridized carbons (Fsp3) is 0.267. The molecule has 0 atom stereocenters. The highest BCUT2D eigenvalue weighted by atomic mass is 16.5. The molecule has 2 rings (SSSR count). The molecule has 0 amide bonds. The van der Waals surface area contributed by atoms with Crippen molar-refractivity contribution in [1.29, 1.82) is 0 Å². The number of aromatic nitrogens is 1. The summed E-state index contributed by atoms with van der Waals surface area (Å²) in [6.07, 6.45) is 1.65. The van der Waals surface area contributed by atoms with Crippen molar-refractivity contribution in [3.05, 3.63) is 42.1 Å². The lowest BCUT2D eigenvalue weighted by atomic mass is 10.2. The first kappa shape index (κ1) is 14.1. The average Bonchev–Trinajstić information content (AvgIpc) is 2.49. The molecule has 1 aromatic carbocycles. The third-order valence-electron chi connectivity index (χ3n) is 2.71. The third kappa shape index (κ3) is 3.19. The Labute approximate surface area is 118 Å². The fourth-order valence-corrected chi connectivity index (χ4v) is 1.74. The highest BCUT2D eigenvalue weighted by Gasteiger charge is 2.11. The summed E-state index contributed by atoms with van der Waals surface area (Å²) >= 11 is 0. The van der Waals surface area contributed by atoms with Gasteiger partial charge in [0.15, 0.2) is 17.2 Å². The molecule has 0 aliphatic carbocycles. The van der Waals surface area contributed by atoms with E-state index in [1.54, 1.807) is 25.4 Å². The van der Waals surface area contributed by atoms with Gasteiger partial charge in [-0.1, -0.05) is 6.07 Å². The zero-order valence-electron chi connectivity index (χ0n) is 11.6. The van der Waals surface area contributed by atoms with Crippen LogP contribution >= 0.6 is 0 Å². The van der Waals surface area contributed by atoms with Crippen molar-refractivity contribution in [2.24, 2.45) is 5.73 Å². The quantitative estimate of drug-likeness (QED) is 0.877. The zero-order chi connectivity index (χ0) is 14.4. The Hall–Kier alpha value is -2.27. The maximum Gasteiger partial charge on any atom is 0.262 e. The predicted octanol–water partition coefficient (Wildman–Crippen LogP) is 2.74. The zero-order valence-corrected chi connectivity index (χ0v) is 11.6. The Bertz CT molecular complexity index is 573. The SMILES string of the molecule is CCOc1cc(CN)ccc1Oc1ncccc1OC. The minimum atomic E-state index is 0.399. The Kier molecular flexibility index (Phi) is 4.79. The number of benzene rings is 1. The number of pyridine rings is 1. The molecule has 2 aromatic rings. The molecule has 20 heavy (non-hydrogen) atoms. The smallest absolute Gasteiger partial charge is 0.262 e. The predicted molar refractivity (Wildman–Crippen MR) is 76.4 cm³/mol. The first-order valence-electron chi connectivity index (χ1n) is 6.41. The average molecular weight is 274 g/mol. The standard InChI is InChI=1S/C15H18N2O3/c1-3-19-14-9-11(10-16)6-7-12(14)20-15-13(18-2)5-4-8-17-15/h4-9H,3,10,16H2,1-2H3. The molecule has 0 radical (unpaired) electrons. The number of nitrogens with two attached hydrogens (primary N) is 1. The Morgan fingerprint density at radius 3 is 2.70 bits per heavy atom. The van der Waals surface area contributed by atoms with Gasteiger partial charge in [0.2, 0.25) is 0 Å². The number of hydrogen-bond acceptors (Lipinski definition) is 5. The van der Waals surface area contributed by atoms with Crippen molar-refractivity contribution >= 4 is 0 Å². The minimum Gasteiger partial charge on any atom is -0.491 e. The number of ether oxygens (including phenoxy) is 3. The molecule has 0 fully saturated rings. The van der Waals surface area contributed by atoms with Gasteiger partial charge < -0.3 is 19.9 Å². The van der Waals surface area contributed by atoms with Gasteiger partial charge in [-0.2, -0.15) is 0 Å². The van der Waals surface area contributed by atoms with Crippen LogP contribution in [-0.2, 0) is 6.54 Å². The molecule has 0 spiro atoms. The molecule has 0 saturated heterocycles. The summed E-state index contributed by atoms with van der Waals surface area (Å²) < 4.78 is 16.6. The van der Waals surface area contributed by atoms with Gasteiger partial charge in [-0.25, -0.2) is 4.98 Å². The first-order chi connectivity index (χ1) is 9.78. The van der Waals surface area contributed by atoms with Crippen molar-refractivity contribution in [3.8, 4) is 23.1 Å². The van der Waals surface area contributed by atoms with Crippen LogP contribution in [0.5, 0.6) is 23.1 Å². The summed E-state index contributed by atoms with van der Waals surface area (Å²) in [5, 5.41) is 0. The lowest BCUT2D eigenvalue weighted by Gasteiger charge is -2.13. The van der Waals surface area contributed by atoms with E-state index in [1.165, 1.54) is 0 Å². The van der Waals surface area contributed by atoms with Gasteiger partial charge >= 0.3 is 0 Å². The molecule has 5 heteroatoms. The van der Waals surface area contributed by atoms with E-state index in [1.807, 2.05) is 25.1 Å². The van der Waals surface area contributed by atoms with Gasteiger partial charge in [0.05, 0.1) is 13.7 Å². The van der Waals surface area contributed by atoms with E-state index in [2.05, 4.69) is 4.98 Å². The van der Waals surface area contributed by atoms with Crippen molar-refractivity contribution in [3.63, 3.8) is 0 Å². The van der Waals surface area contributed by atoms with E-state index in [-0.39, 0.29) is 0 Å². The van der Waals surface area contributed by atoms with Crippen molar-refractivity contribution in [2.75, 3.05) is 13.7 Å². The summed E-state index contributed by atoms with van der Waals surface area (Å²) in [6.45, 7) is 2.91. The highest BCUT2D eigenvalue weighted by Crippen LogP contribution is 2.35. The van der Waals surface area contributed by atoms with Crippen LogP contribution in [0.3, 0.4) is 0 Å². The van der Waals surface area contributed by atoms with Crippen LogP contribution < -0.4 is 19.9 Å². The van der Waals surface area contributed by atoms with Crippen molar-refractivity contribution < 1.29 is 14.2 Å². The van der Waals surface area contributed by atoms with E-state index in [4.69, 9.17) is 19.9 Å². The second-order valence-corrected chi connectivity index (χ2v) is 4.03. The number of nitrogens with zero attached hydrogens (tertiary/aromatic N) is 1. The molecule has 2 N–H and O–H groups in total. The summed E-state index contributed by atoms with van der Waals surface area (Å²) in [7, 11) is 1.57. The lowest BCUT2D eigenvalue weighted by Crippen LogP contribution is -2.01. The van der Waals surface area contributed by atoms with Crippen LogP contribution in [0.1, 0.15) is 12.5 Å². The van der Waals surface area contributed by atoms with Gasteiger partial charge in [-0.05, 0) is 36.8 Å². The third-order valence-corrected chi connectivity index (χ3v) is 2.71. The molecule has 106 valence electrons. The Morgan fingerprint density at radius 2 is 2.00 bits per heavy atom. The largest absolute Gasteiger partial charge is 0.491 e. The normalized spacial score (nSPS) is 10.2. The maximum absolute atomic E-state index is 5.78. The van der Waals surface area contributed by atoms with Gasteiger partial charge in [0.25, 0.3) is 5.88 Å². The van der Waals surface area contributed by atoms with Crippen LogP contribution in [0.2, 0.25) is 0 Å². The molecular weight excluding hydrogens is 256 g/mol. The molecule has 0 aliphatic heterocycles. The van der Waals surface area contributed by atoms with E-state index >= 15 is 0 Å². The molecule has 0 bridgehead atoms. The van der Waals surface area contributed by atoms with Crippen molar-refractivity contribution in [2.45, 2.75) is 13.5 Å². The molecule has 0 saturated carbocycles. The van der Waals surface area contributed by atoms with Crippen LogP contribution in [0.15, 0.2) is 36.5 Å². The van der Waals surface area contributed by atoms with Crippen molar-refractivity contribution in [1.82, 2.24) is 4.98 Å². The monoisotopic (exact) mass is 274 g/mol. The number of methoxy groups -OCH3 is 1. The Morgan fingerprint density at radius 1 is 1.15 bits per heavy atom. The summed E-state index contributed by atoms with van der Waals surface area (Å²) in [6, 6.07) is 9.16. The Balaban J connectivity index is 2.32. The number of hydrogen-bond donors (Lipinski definition) is 1. The van der Waals surface area contributed by atoms with Crippen LogP contribution in [0, 0.1) is 0 Å².